The van der Waals surface area contributed by atoms with Crippen LogP contribution >= 0.6 is 0 Å². The van der Waals surface area contributed by atoms with Crippen LogP contribution in [0.3, 0.4) is 0 Å². The molecule has 0 rings (SSSR count). The van der Waals surface area contributed by atoms with Gasteiger partial charge in [0.1, 0.15) is 0 Å². The Morgan fingerprint density at radius 1 is 0.846 bits per heavy atom. The van der Waals surface area contributed by atoms with Gasteiger partial charge in [-0.05, 0) is 38.5 Å². The molecule has 13 heavy (non-hydrogen) atoms. The van der Waals surface area contributed by atoms with Crippen LogP contribution in [0, 0.1) is 11.8 Å². The number of rotatable bonds is 6. The average molecular weight is 185 g/mol. The molecule has 0 aliphatic carbocycles. The van der Waals surface area contributed by atoms with Gasteiger partial charge in [-0.1, -0.05) is 27.7 Å². The molecule has 0 aromatic heterocycles. The van der Waals surface area contributed by atoms with Crippen molar-refractivity contribution in [3.8, 4) is 0 Å². The lowest BCUT2D eigenvalue weighted by Gasteiger charge is -2.23. The predicted octanol–water partition coefficient (Wildman–Crippen LogP) is 3.45. The summed E-state index contributed by atoms with van der Waals surface area (Å²) >= 11 is 0. The van der Waals surface area contributed by atoms with Gasteiger partial charge in [0, 0.05) is 12.1 Å². The van der Waals surface area contributed by atoms with E-state index >= 15 is 0 Å². The maximum atomic E-state index is 3.63. The molecule has 0 aliphatic rings. The number of nitrogens with one attached hydrogen (secondary N) is 1. The lowest BCUT2D eigenvalue weighted by Crippen LogP contribution is -2.37. The van der Waals surface area contributed by atoms with Crippen molar-refractivity contribution < 1.29 is 0 Å². The van der Waals surface area contributed by atoms with E-state index in [9.17, 15) is 0 Å². The standard InChI is InChI=1S/C12H27N/c1-9(2)7-8-11(5)13-12(6)10(3)4/h9-13H,7-8H2,1-6H3. The van der Waals surface area contributed by atoms with E-state index in [0.717, 1.165) is 11.8 Å². The van der Waals surface area contributed by atoms with Crippen LogP contribution in [0.15, 0.2) is 0 Å². The molecule has 2 unspecified atom stereocenters. The van der Waals surface area contributed by atoms with Gasteiger partial charge in [-0.3, -0.25) is 0 Å². The quantitative estimate of drug-likeness (QED) is 0.668. The molecule has 0 aliphatic heterocycles. The van der Waals surface area contributed by atoms with E-state index in [4.69, 9.17) is 0 Å². The molecule has 0 aromatic rings. The van der Waals surface area contributed by atoms with Crippen molar-refractivity contribution >= 4 is 0 Å². The van der Waals surface area contributed by atoms with E-state index in [2.05, 4.69) is 46.9 Å². The Morgan fingerprint density at radius 3 is 1.77 bits per heavy atom. The molecule has 80 valence electrons. The van der Waals surface area contributed by atoms with Crippen LogP contribution in [0.1, 0.15) is 54.4 Å². The molecule has 0 spiro atoms. The fourth-order valence-corrected chi connectivity index (χ4v) is 1.31. The van der Waals surface area contributed by atoms with Gasteiger partial charge in [0.15, 0.2) is 0 Å². The zero-order valence-corrected chi connectivity index (χ0v) is 10.2. The minimum Gasteiger partial charge on any atom is -0.312 e. The highest BCUT2D eigenvalue weighted by molar-refractivity contribution is 4.70. The van der Waals surface area contributed by atoms with Crippen LogP contribution in [0.2, 0.25) is 0 Å². The van der Waals surface area contributed by atoms with Crippen LogP contribution in [-0.2, 0) is 0 Å². The Hall–Kier alpha value is -0.0400. The van der Waals surface area contributed by atoms with Crippen LogP contribution in [0.25, 0.3) is 0 Å². The van der Waals surface area contributed by atoms with Gasteiger partial charge in [0.2, 0.25) is 0 Å². The van der Waals surface area contributed by atoms with Crippen molar-refractivity contribution in [2.24, 2.45) is 11.8 Å². The third kappa shape index (κ3) is 7.06. The lowest BCUT2D eigenvalue weighted by atomic mass is 10.0. The summed E-state index contributed by atoms with van der Waals surface area (Å²) in [6.07, 6.45) is 2.63. The summed E-state index contributed by atoms with van der Waals surface area (Å²) in [5.41, 5.74) is 0. The first-order valence-corrected chi connectivity index (χ1v) is 5.69. The Kier molecular flexibility index (Phi) is 6.40. The Balaban J connectivity index is 3.55. The lowest BCUT2D eigenvalue weighted by molar-refractivity contribution is 0.357. The Morgan fingerprint density at radius 2 is 1.38 bits per heavy atom. The molecule has 1 heteroatoms. The maximum Gasteiger partial charge on any atom is 0.00642 e. The molecule has 1 N–H and O–H groups in total. The predicted molar refractivity (Wildman–Crippen MR) is 61.0 cm³/mol. The Labute approximate surface area is 84.3 Å². The zero-order valence-electron chi connectivity index (χ0n) is 10.2. The van der Waals surface area contributed by atoms with Gasteiger partial charge < -0.3 is 5.32 Å². The number of hydrogen-bond donors (Lipinski definition) is 1. The summed E-state index contributed by atoms with van der Waals surface area (Å²) in [5, 5.41) is 3.63. The number of hydrogen-bond acceptors (Lipinski definition) is 1. The van der Waals surface area contributed by atoms with Gasteiger partial charge in [-0.25, -0.2) is 0 Å². The van der Waals surface area contributed by atoms with Gasteiger partial charge in [-0.15, -0.1) is 0 Å². The topological polar surface area (TPSA) is 12.0 Å². The highest BCUT2D eigenvalue weighted by atomic mass is 14.9. The maximum absolute atomic E-state index is 3.63. The van der Waals surface area contributed by atoms with E-state index in [0.29, 0.717) is 12.1 Å². The summed E-state index contributed by atoms with van der Waals surface area (Å²) in [7, 11) is 0. The van der Waals surface area contributed by atoms with Crippen LogP contribution in [0.4, 0.5) is 0 Å². The van der Waals surface area contributed by atoms with Crippen LogP contribution < -0.4 is 5.32 Å². The van der Waals surface area contributed by atoms with Gasteiger partial charge >= 0.3 is 0 Å². The van der Waals surface area contributed by atoms with Gasteiger partial charge in [0.05, 0.1) is 0 Å². The summed E-state index contributed by atoms with van der Waals surface area (Å²) in [6.45, 7) is 13.7. The molecule has 0 fully saturated rings. The minimum atomic E-state index is 0.641. The van der Waals surface area contributed by atoms with Crippen molar-refractivity contribution in [1.29, 1.82) is 0 Å². The second kappa shape index (κ2) is 6.42. The zero-order chi connectivity index (χ0) is 10.4. The molecule has 1 nitrogen and oxygen atoms in total. The summed E-state index contributed by atoms with van der Waals surface area (Å²) < 4.78 is 0. The first kappa shape index (κ1) is 13.0. The molecule has 0 saturated carbocycles. The van der Waals surface area contributed by atoms with E-state index in [1.54, 1.807) is 0 Å². The van der Waals surface area contributed by atoms with Crippen molar-refractivity contribution in [2.75, 3.05) is 0 Å². The molecule has 0 aromatic carbocycles. The summed E-state index contributed by atoms with van der Waals surface area (Å²) in [6, 6.07) is 1.31. The second-order valence-electron chi connectivity index (χ2n) is 5.07. The van der Waals surface area contributed by atoms with E-state index in [1.807, 2.05) is 0 Å². The molecule has 0 radical (unpaired) electrons. The molecular formula is C12H27N. The van der Waals surface area contributed by atoms with Gasteiger partial charge in [-0.2, -0.15) is 0 Å². The second-order valence-corrected chi connectivity index (χ2v) is 5.07. The highest BCUT2D eigenvalue weighted by Gasteiger charge is 2.10. The smallest absolute Gasteiger partial charge is 0.00642 e. The third-order valence-corrected chi connectivity index (χ3v) is 2.72. The first-order chi connectivity index (χ1) is 5.93. The van der Waals surface area contributed by atoms with Crippen molar-refractivity contribution in [1.82, 2.24) is 5.32 Å². The third-order valence-electron chi connectivity index (χ3n) is 2.72. The normalized spacial score (nSPS) is 16.6. The highest BCUT2D eigenvalue weighted by Crippen LogP contribution is 2.08. The SMILES string of the molecule is CC(C)CCC(C)NC(C)C(C)C. The monoisotopic (exact) mass is 185 g/mol. The fraction of sp³-hybridized carbons (Fsp3) is 1.00. The summed E-state index contributed by atoms with van der Waals surface area (Å²) in [5.74, 6) is 1.57. The molecule has 0 saturated heterocycles. The molecule has 2 atom stereocenters. The van der Waals surface area contributed by atoms with E-state index in [-0.39, 0.29) is 0 Å². The molecule has 0 bridgehead atoms. The largest absolute Gasteiger partial charge is 0.312 e. The van der Waals surface area contributed by atoms with Crippen molar-refractivity contribution in [3.63, 3.8) is 0 Å². The molecular weight excluding hydrogens is 158 g/mol. The molecule has 0 amide bonds. The first-order valence-electron chi connectivity index (χ1n) is 5.69. The van der Waals surface area contributed by atoms with Crippen molar-refractivity contribution in [2.45, 2.75) is 66.5 Å². The summed E-state index contributed by atoms with van der Waals surface area (Å²) in [4.78, 5) is 0. The van der Waals surface area contributed by atoms with E-state index in [1.165, 1.54) is 12.8 Å². The Bertz CT molecular complexity index is 118. The average Bonchev–Trinajstić information content (AvgIpc) is 2.00. The van der Waals surface area contributed by atoms with Crippen LogP contribution in [0.5, 0.6) is 0 Å². The minimum absolute atomic E-state index is 0.641. The van der Waals surface area contributed by atoms with Crippen LogP contribution in [-0.4, -0.2) is 12.1 Å². The van der Waals surface area contributed by atoms with Crippen molar-refractivity contribution in [3.05, 3.63) is 0 Å². The fourth-order valence-electron chi connectivity index (χ4n) is 1.31. The van der Waals surface area contributed by atoms with Gasteiger partial charge in [0.25, 0.3) is 0 Å². The van der Waals surface area contributed by atoms with E-state index < -0.39 is 0 Å². The molecule has 0 heterocycles.